The molecule has 1 aromatic rings. The van der Waals surface area contributed by atoms with Crippen molar-refractivity contribution in [3.63, 3.8) is 0 Å². The third-order valence-corrected chi connectivity index (χ3v) is 2.18. The summed E-state index contributed by atoms with van der Waals surface area (Å²) in [6, 6.07) is 0.824. The summed E-state index contributed by atoms with van der Waals surface area (Å²) in [6.07, 6.45) is -0.745. The summed E-state index contributed by atoms with van der Waals surface area (Å²) in [4.78, 5) is 45.0. The van der Waals surface area contributed by atoms with Crippen LogP contribution in [0.1, 0.15) is 22.5 Å². The van der Waals surface area contributed by atoms with Gasteiger partial charge in [0, 0.05) is 12.5 Å². The Bertz CT molecular complexity index is 572. The van der Waals surface area contributed by atoms with Gasteiger partial charge in [-0.05, 0) is 6.42 Å². The lowest BCUT2D eigenvalue weighted by atomic mass is 10.1. The Hall–Kier alpha value is -2.64. The molecule has 0 aliphatic heterocycles. The summed E-state index contributed by atoms with van der Waals surface area (Å²) in [5, 5.41) is 26.4. The van der Waals surface area contributed by atoms with Crippen LogP contribution in [0.4, 0.5) is 0 Å². The van der Waals surface area contributed by atoms with Crippen molar-refractivity contribution in [2.75, 3.05) is 0 Å². The monoisotopic (exact) mass is 255 g/mol. The predicted octanol–water partition coefficient (Wildman–Crippen LogP) is -0.635. The number of nitrogens with one attached hydrogen (secondary N) is 1. The summed E-state index contributed by atoms with van der Waals surface area (Å²) in [5.41, 5.74) is -1.59. The molecule has 0 amide bonds. The Balaban J connectivity index is 2.98. The fraction of sp³-hybridized carbons (Fsp3) is 0.200. The molecule has 0 saturated heterocycles. The van der Waals surface area contributed by atoms with E-state index in [1.165, 1.54) is 0 Å². The molecule has 0 aromatic carbocycles. The van der Waals surface area contributed by atoms with E-state index in [1.54, 1.807) is 0 Å². The number of rotatable bonds is 5. The first-order valence-electron chi connectivity index (χ1n) is 4.77. The summed E-state index contributed by atoms with van der Waals surface area (Å²) >= 11 is 0. The second-order valence-corrected chi connectivity index (χ2v) is 3.41. The van der Waals surface area contributed by atoms with Crippen LogP contribution in [0.5, 0.6) is 5.75 Å². The topological polar surface area (TPSA) is 145 Å². The zero-order chi connectivity index (χ0) is 13.9. The van der Waals surface area contributed by atoms with Crippen LogP contribution in [0.25, 0.3) is 0 Å². The number of aromatic hydroxyl groups is 1. The number of carboxylic acid groups (broad SMARTS) is 2. The molecule has 8 heteroatoms. The number of hydrogen-bond donors (Lipinski definition) is 4. The van der Waals surface area contributed by atoms with E-state index in [-0.39, 0.29) is 12.0 Å². The first kappa shape index (κ1) is 13.4. The number of ketones is 1. The van der Waals surface area contributed by atoms with Crippen LogP contribution in [0.3, 0.4) is 0 Å². The molecule has 0 aliphatic carbocycles. The number of H-pyrrole nitrogens is 1. The zero-order valence-electron chi connectivity index (χ0n) is 8.97. The number of aromatic nitrogens is 1. The number of aliphatic carboxylic acids is 1. The highest BCUT2D eigenvalue weighted by Crippen LogP contribution is 2.15. The molecular formula is C10H9NO7. The number of hydrogen-bond acceptors (Lipinski definition) is 5. The van der Waals surface area contributed by atoms with Crippen LogP contribution in [0.15, 0.2) is 10.9 Å². The number of aromatic amines is 1. The van der Waals surface area contributed by atoms with Crippen molar-refractivity contribution < 1.29 is 29.7 Å². The van der Waals surface area contributed by atoms with E-state index in [1.807, 2.05) is 4.98 Å². The van der Waals surface area contributed by atoms with Crippen molar-refractivity contribution in [2.45, 2.75) is 12.8 Å². The van der Waals surface area contributed by atoms with Gasteiger partial charge in [-0.2, -0.15) is 0 Å². The van der Waals surface area contributed by atoms with Crippen LogP contribution >= 0.6 is 0 Å². The van der Waals surface area contributed by atoms with Gasteiger partial charge in [0.2, 0.25) is 5.78 Å². The molecule has 0 atom stereocenters. The lowest BCUT2D eigenvalue weighted by Crippen LogP contribution is -2.20. The van der Waals surface area contributed by atoms with Crippen molar-refractivity contribution in [1.82, 2.24) is 4.98 Å². The maximum absolute atomic E-state index is 11.4. The molecule has 1 aromatic heterocycles. The standard InChI is InChI=1S/C10H9NO7/c12-6(10(17)18)2-1-4-7(13)3-5(9(15)16)11-8(4)14/h3H,1-2H2,(H,15,16)(H,17,18)(H2,11,13,14). The lowest BCUT2D eigenvalue weighted by Gasteiger charge is -2.03. The Kier molecular flexibility index (Phi) is 3.82. The highest BCUT2D eigenvalue weighted by atomic mass is 16.4. The lowest BCUT2D eigenvalue weighted by molar-refractivity contribution is -0.149. The van der Waals surface area contributed by atoms with Gasteiger partial charge in [-0.1, -0.05) is 0 Å². The van der Waals surface area contributed by atoms with Crippen LogP contribution in [0, 0.1) is 0 Å². The number of carbonyl (C=O) groups excluding carboxylic acids is 1. The fourth-order valence-corrected chi connectivity index (χ4v) is 1.28. The van der Waals surface area contributed by atoms with E-state index < -0.39 is 41.1 Å². The van der Waals surface area contributed by atoms with Gasteiger partial charge in [0.15, 0.2) is 0 Å². The molecular weight excluding hydrogens is 246 g/mol. The second-order valence-electron chi connectivity index (χ2n) is 3.41. The minimum Gasteiger partial charge on any atom is -0.507 e. The number of aromatic carboxylic acids is 1. The van der Waals surface area contributed by atoms with Gasteiger partial charge in [0.05, 0.1) is 5.56 Å². The Morgan fingerprint density at radius 3 is 2.28 bits per heavy atom. The molecule has 0 aliphatic rings. The van der Waals surface area contributed by atoms with E-state index in [0.29, 0.717) is 0 Å². The molecule has 0 spiro atoms. The maximum Gasteiger partial charge on any atom is 0.372 e. The SMILES string of the molecule is O=C(O)C(=O)CCc1c(O)cc(C(=O)O)[nH]c1=O. The van der Waals surface area contributed by atoms with E-state index >= 15 is 0 Å². The number of carboxylic acids is 2. The van der Waals surface area contributed by atoms with E-state index in [2.05, 4.69) is 0 Å². The van der Waals surface area contributed by atoms with Gasteiger partial charge in [0.1, 0.15) is 11.4 Å². The second kappa shape index (κ2) is 5.13. The normalized spacial score (nSPS) is 10.0. The molecule has 0 unspecified atom stereocenters. The van der Waals surface area contributed by atoms with Crippen molar-refractivity contribution in [1.29, 1.82) is 0 Å². The van der Waals surface area contributed by atoms with Crippen LogP contribution < -0.4 is 5.56 Å². The molecule has 1 heterocycles. The smallest absolute Gasteiger partial charge is 0.372 e. The summed E-state index contributed by atoms with van der Waals surface area (Å²) in [7, 11) is 0. The molecule has 8 nitrogen and oxygen atoms in total. The first-order chi connectivity index (χ1) is 8.32. The molecule has 18 heavy (non-hydrogen) atoms. The molecule has 0 saturated carbocycles. The average Bonchev–Trinajstić information content (AvgIpc) is 2.26. The van der Waals surface area contributed by atoms with Gasteiger partial charge in [-0.15, -0.1) is 0 Å². The van der Waals surface area contributed by atoms with E-state index in [4.69, 9.17) is 10.2 Å². The number of Topliss-reactive ketones (excluding diaryl/α,β-unsaturated/α-hetero) is 1. The highest BCUT2D eigenvalue weighted by Gasteiger charge is 2.16. The number of carbonyl (C=O) groups is 3. The van der Waals surface area contributed by atoms with E-state index in [9.17, 15) is 24.3 Å². The van der Waals surface area contributed by atoms with Crippen molar-refractivity contribution >= 4 is 17.7 Å². The molecule has 1 rings (SSSR count). The third-order valence-electron chi connectivity index (χ3n) is 2.18. The van der Waals surface area contributed by atoms with Crippen LogP contribution in [0.2, 0.25) is 0 Å². The Labute approximate surface area is 99.5 Å². The molecule has 4 N–H and O–H groups in total. The molecule has 0 fully saturated rings. The zero-order valence-corrected chi connectivity index (χ0v) is 8.97. The third kappa shape index (κ3) is 2.94. The predicted molar refractivity (Wildman–Crippen MR) is 56.7 cm³/mol. The summed E-state index contributed by atoms with van der Waals surface area (Å²) in [5.74, 6) is -4.74. The first-order valence-corrected chi connectivity index (χ1v) is 4.77. The van der Waals surface area contributed by atoms with Crippen LogP contribution in [-0.2, 0) is 16.0 Å². The molecule has 0 bridgehead atoms. The van der Waals surface area contributed by atoms with Gasteiger partial charge >= 0.3 is 11.9 Å². The van der Waals surface area contributed by atoms with Crippen LogP contribution in [-0.4, -0.2) is 38.0 Å². The molecule has 96 valence electrons. The minimum atomic E-state index is -1.63. The van der Waals surface area contributed by atoms with E-state index in [0.717, 1.165) is 6.07 Å². The van der Waals surface area contributed by atoms with Gasteiger partial charge in [-0.3, -0.25) is 9.59 Å². The summed E-state index contributed by atoms with van der Waals surface area (Å²) in [6.45, 7) is 0. The largest absolute Gasteiger partial charge is 0.507 e. The van der Waals surface area contributed by atoms with Gasteiger partial charge in [-0.25, -0.2) is 9.59 Å². The summed E-state index contributed by atoms with van der Waals surface area (Å²) < 4.78 is 0. The van der Waals surface area contributed by atoms with Gasteiger partial charge < -0.3 is 20.3 Å². The minimum absolute atomic E-state index is 0.227. The van der Waals surface area contributed by atoms with Crippen molar-refractivity contribution in [2.24, 2.45) is 0 Å². The molecule has 0 radical (unpaired) electrons. The number of pyridine rings is 1. The van der Waals surface area contributed by atoms with Crippen molar-refractivity contribution in [3.05, 3.63) is 27.7 Å². The Morgan fingerprint density at radius 2 is 1.83 bits per heavy atom. The Morgan fingerprint density at radius 1 is 1.22 bits per heavy atom. The fourth-order valence-electron chi connectivity index (χ4n) is 1.28. The average molecular weight is 255 g/mol. The van der Waals surface area contributed by atoms with Crippen molar-refractivity contribution in [3.8, 4) is 5.75 Å². The highest BCUT2D eigenvalue weighted by molar-refractivity contribution is 6.32. The quantitative estimate of drug-likeness (QED) is 0.512. The van der Waals surface area contributed by atoms with Gasteiger partial charge in [0.25, 0.3) is 5.56 Å². The maximum atomic E-state index is 11.4.